The molecule has 3 atom stereocenters. The molecule has 1 aliphatic heterocycles. The van der Waals surface area contributed by atoms with Crippen LogP contribution in [0.3, 0.4) is 0 Å². The molecule has 0 radical (unpaired) electrons. The van der Waals surface area contributed by atoms with E-state index < -0.39 is 35.8 Å². The third-order valence-electron chi connectivity index (χ3n) is 6.08. The SMILES string of the molecule is CC(=O)Oc1ccc([C@@H]2[C@H](C(CCc3ccc(F)cc3)OC(C)=O)C(=O)N2c2ccc(F)cc2)cc1. The van der Waals surface area contributed by atoms with Gasteiger partial charge in [0.15, 0.2) is 0 Å². The van der Waals surface area contributed by atoms with Crippen LogP contribution in [0.4, 0.5) is 14.5 Å². The van der Waals surface area contributed by atoms with Crippen LogP contribution in [0.25, 0.3) is 0 Å². The average molecular weight is 494 g/mol. The van der Waals surface area contributed by atoms with Crippen molar-refractivity contribution in [2.45, 2.75) is 38.8 Å². The second kappa shape index (κ2) is 10.7. The molecule has 1 heterocycles. The third-order valence-corrected chi connectivity index (χ3v) is 6.08. The highest BCUT2D eigenvalue weighted by molar-refractivity contribution is 6.03. The van der Waals surface area contributed by atoms with Gasteiger partial charge in [0.25, 0.3) is 0 Å². The van der Waals surface area contributed by atoms with Gasteiger partial charge in [0.05, 0.1) is 6.04 Å². The molecule has 186 valence electrons. The summed E-state index contributed by atoms with van der Waals surface area (Å²) in [5, 5.41) is 0. The van der Waals surface area contributed by atoms with Crippen molar-refractivity contribution < 1.29 is 32.6 Å². The first-order valence-corrected chi connectivity index (χ1v) is 11.5. The maximum atomic E-state index is 13.5. The van der Waals surface area contributed by atoms with Crippen LogP contribution in [0.15, 0.2) is 72.8 Å². The molecule has 0 aliphatic carbocycles. The number of nitrogens with zero attached hydrogens (tertiary/aromatic N) is 1. The molecular formula is C28H25F2NO5. The van der Waals surface area contributed by atoms with Crippen LogP contribution in [-0.4, -0.2) is 23.9 Å². The molecule has 1 unspecified atom stereocenters. The van der Waals surface area contributed by atoms with E-state index in [9.17, 15) is 23.2 Å². The van der Waals surface area contributed by atoms with E-state index >= 15 is 0 Å². The number of carbonyl (C=O) groups is 3. The summed E-state index contributed by atoms with van der Waals surface area (Å²) in [5.74, 6) is -2.35. The Hall–Kier alpha value is -4.07. The molecule has 0 spiro atoms. The molecular weight excluding hydrogens is 468 g/mol. The van der Waals surface area contributed by atoms with Crippen LogP contribution in [0.1, 0.15) is 37.4 Å². The van der Waals surface area contributed by atoms with Crippen LogP contribution >= 0.6 is 0 Å². The van der Waals surface area contributed by atoms with Crippen molar-refractivity contribution >= 4 is 23.5 Å². The lowest BCUT2D eigenvalue weighted by molar-refractivity contribution is -0.156. The number of esters is 2. The van der Waals surface area contributed by atoms with E-state index in [-0.39, 0.29) is 11.7 Å². The molecule has 1 amide bonds. The normalized spacial score (nSPS) is 17.8. The van der Waals surface area contributed by atoms with Gasteiger partial charge in [-0.25, -0.2) is 8.78 Å². The molecule has 0 saturated carbocycles. The lowest BCUT2D eigenvalue weighted by Gasteiger charge is -2.49. The Labute approximate surface area is 207 Å². The van der Waals surface area contributed by atoms with E-state index in [2.05, 4.69) is 0 Å². The largest absolute Gasteiger partial charge is 0.462 e. The fourth-order valence-electron chi connectivity index (χ4n) is 4.50. The van der Waals surface area contributed by atoms with Gasteiger partial charge in [0, 0.05) is 19.5 Å². The lowest BCUT2D eigenvalue weighted by Crippen LogP contribution is -2.60. The minimum atomic E-state index is -0.741. The van der Waals surface area contributed by atoms with E-state index in [1.54, 1.807) is 41.3 Å². The van der Waals surface area contributed by atoms with Gasteiger partial charge in [-0.2, -0.15) is 0 Å². The third kappa shape index (κ3) is 5.59. The molecule has 1 fully saturated rings. The molecule has 4 rings (SSSR count). The highest BCUT2D eigenvalue weighted by atomic mass is 19.1. The molecule has 6 nitrogen and oxygen atoms in total. The smallest absolute Gasteiger partial charge is 0.308 e. The molecule has 8 heteroatoms. The predicted molar refractivity (Wildman–Crippen MR) is 128 cm³/mol. The van der Waals surface area contributed by atoms with Crippen LogP contribution in [0.5, 0.6) is 5.75 Å². The Morgan fingerprint density at radius 1 is 0.861 bits per heavy atom. The quantitative estimate of drug-likeness (QED) is 0.246. The molecule has 3 aromatic rings. The van der Waals surface area contributed by atoms with Gasteiger partial charge in [-0.3, -0.25) is 14.4 Å². The number of carbonyl (C=O) groups excluding carboxylic acids is 3. The summed E-state index contributed by atoms with van der Waals surface area (Å²) in [6.07, 6.45) is 0.0762. The highest BCUT2D eigenvalue weighted by Gasteiger charge is 2.53. The molecule has 36 heavy (non-hydrogen) atoms. The van der Waals surface area contributed by atoms with Crippen LogP contribution in [0.2, 0.25) is 0 Å². The molecule has 1 aliphatic rings. The fourth-order valence-corrected chi connectivity index (χ4v) is 4.50. The molecule has 1 saturated heterocycles. The summed E-state index contributed by atoms with van der Waals surface area (Å²) in [5.41, 5.74) is 2.09. The van der Waals surface area contributed by atoms with E-state index in [1.165, 1.54) is 50.2 Å². The van der Waals surface area contributed by atoms with Gasteiger partial charge in [-0.15, -0.1) is 0 Å². The zero-order valence-corrected chi connectivity index (χ0v) is 19.8. The Morgan fingerprint density at radius 3 is 2.00 bits per heavy atom. The van der Waals surface area contributed by atoms with Gasteiger partial charge in [0.1, 0.15) is 29.4 Å². The number of benzene rings is 3. The summed E-state index contributed by atoms with van der Waals surface area (Å²) in [6.45, 7) is 2.59. The van der Waals surface area contributed by atoms with Gasteiger partial charge < -0.3 is 14.4 Å². The molecule has 3 aromatic carbocycles. The van der Waals surface area contributed by atoms with Crippen LogP contribution in [-0.2, 0) is 25.5 Å². The zero-order valence-electron chi connectivity index (χ0n) is 19.8. The minimum Gasteiger partial charge on any atom is -0.462 e. The fraction of sp³-hybridized carbons (Fsp3) is 0.250. The number of rotatable bonds is 8. The maximum absolute atomic E-state index is 13.5. The first kappa shape index (κ1) is 25.0. The number of β-lactam (4-membered cyclic amide) rings is 1. The summed E-state index contributed by atoms with van der Waals surface area (Å²) >= 11 is 0. The number of anilines is 1. The summed E-state index contributed by atoms with van der Waals surface area (Å²) in [6, 6.07) is 17.8. The first-order valence-electron chi connectivity index (χ1n) is 11.5. The van der Waals surface area contributed by atoms with Crippen molar-refractivity contribution in [3.05, 3.63) is 95.6 Å². The Kier molecular flexibility index (Phi) is 7.43. The van der Waals surface area contributed by atoms with Gasteiger partial charge in [-0.1, -0.05) is 24.3 Å². The van der Waals surface area contributed by atoms with E-state index in [0.29, 0.717) is 24.3 Å². The zero-order chi connectivity index (χ0) is 25.8. The Morgan fingerprint density at radius 2 is 1.44 bits per heavy atom. The van der Waals surface area contributed by atoms with Gasteiger partial charge >= 0.3 is 11.9 Å². The molecule has 0 bridgehead atoms. The second-order valence-electron chi connectivity index (χ2n) is 8.63. The molecule has 0 N–H and O–H groups in total. The number of hydrogen-bond donors (Lipinski definition) is 0. The van der Waals surface area contributed by atoms with Crippen LogP contribution in [0, 0.1) is 17.6 Å². The number of ether oxygens (including phenoxy) is 2. The highest BCUT2D eigenvalue weighted by Crippen LogP contribution is 2.47. The van der Waals surface area contributed by atoms with Gasteiger partial charge in [0.2, 0.25) is 5.91 Å². The van der Waals surface area contributed by atoms with Crippen LogP contribution < -0.4 is 9.64 Å². The maximum Gasteiger partial charge on any atom is 0.308 e. The van der Waals surface area contributed by atoms with E-state index in [0.717, 1.165) is 11.1 Å². The Bertz CT molecular complexity index is 1240. The van der Waals surface area contributed by atoms with Crippen molar-refractivity contribution in [2.75, 3.05) is 4.90 Å². The standard InChI is InChI=1S/C28H25F2NO5/c1-17(32)35-24-14-6-20(7-15-24)27-26(28(34)31(27)23-12-10-22(30)11-13-23)25(36-18(2)33)16-5-19-3-8-21(29)9-4-19/h3-4,6-15,25-27H,5,16H2,1-2H3/t25?,26-,27+/m0/s1. The van der Waals surface area contributed by atoms with Crippen molar-refractivity contribution in [1.82, 2.24) is 0 Å². The number of amides is 1. The summed E-state index contributed by atoms with van der Waals surface area (Å²) in [7, 11) is 0. The topological polar surface area (TPSA) is 72.9 Å². The number of halogens is 2. The predicted octanol–water partition coefficient (Wildman–Crippen LogP) is 5.16. The minimum absolute atomic E-state index is 0.263. The summed E-state index contributed by atoms with van der Waals surface area (Å²) < 4.78 is 37.6. The first-order chi connectivity index (χ1) is 17.2. The number of aryl methyl sites for hydroxylation is 1. The number of hydrogen-bond acceptors (Lipinski definition) is 5. The van der Waals surface area contributed by atoms with E-state index in [1.807, 2.05) is 0 Å². The van der Waals surface area contributed by atoms with Crippen molar-refractivity contribution in [2.24, 2.45) is 5.92 Å². The monoisotopic (exact) mass is 493 g/mol. The van der Waals surface area contributed by atoms with E-state index in [4.69, 9.17) is 9.47 Å². The second-order valence-corrected chi connectivity index (χ2v) is 8.63. The van der Waals surface area contributed by atoms with Gasteiger partial charge in [-0.05, 0) is 72.5 Å². The molecule has 0 aromatic heterocycles. The van der Waals surface area contributed by atoms with Crippen molar-refractivity contribution in [1.29, 1.82) is 0 Å². The lowest BCUT2D eigenvalue weighted by atomic mass is 9.76. The summed E-state index contributed by atoms with van der Waals surface area (Å²) in [4.78, 5) is 38.2. The van der Waals surface area contributed by atoms with Crippen molar-refractivity contribution in [3.63, 3.8) is 0 Å². The Balaban J connectivity index is 1.65. The average Bonchev–Trinajstić information content (AvgIpc) is 2.83. The van der Waals surface area contributed by atoms with Crippen molar-refractivity contribution in [3.8, 4) is 5.75 Å².